The van der Waals surface area contributed by atoms with Crippen LogP contribution in [-0.4, -0.2) is 77.0 Å². The van der Waals surface area contributed by atoms with Crippen molar-refractivity contribution in [3.05, 3.63) is 29.8 Å². The standard InChI is InChI=1S/C16H16ClN4O4/c1-19-13-12(14(23)20(2)16(19)24)21(15(17)18-13)8-11(22)9-4-6-10(25-3)7-5-9/h4-7,12H,8H2,1-3H3/q+1. The summed E-state index contributed by atoms with van der Waals surface area (Å²) in [5.74, 6) is 0.157. The minimum absolute atomic E-state index is 0.00478. The Hall–Kier alpha value is -2.74. The lowest BCUT2D eigenvalue weighted by Gasteiger charge is -2.30. The first kappa shape index (κ1) is 17.1. The van der Waals surface area contributed by atoms with E-state index >= 15 is 0 Å². The van der Waals surface area contributed by atoms with Gasteiger partial charge in [-0.1, -0.05) is 0 Å². The molecule has 1 aromatic rings. The molecule has 0 bridgehead atoms. The summed E-state index contributed by atoms with van der Waals surface area (Å²) < 4.78 is 6.46. The highest BCUT2D eigenvalue weighted by Gasteiger charge is 2.53. The van der Waals surface area contributed by atoms with Crippen LogP contribution in [0, 0.1) is 0 Å². The van der Waals surface area contributed by atoms with Gasteiger partial charge in [-0.05, 0) is 29.3 Å². The van der Waals surface area contributed by atoms with E-state index in [0.717, 1.165) is 4.90 Å². The van der Waals surface area contributed by atoms with E-state index in [1.165, 1.54) is 30.7 Å². The summed E-state index contributed by atoms with van der Waals surface area (Å²) in [5.41, 5.74) is 0.458. The number of halogens is 1. The normalized spacial score (nSPS) is 20.0. The number of Topliss-reactive ketones (excluding diaryl/α,β-unsaturated/α-hetero) is 1. The van der Waals surface area contributed by atoms with Gasteiger partial charge >= 0.3 is 11.3 Å². The van der Waals surface area contributed by atoms with Crippen molar-refractivity contribution >= 4 is 40.5 Å². The molecule has 9 heteroatoms. The Morgan fingerprint density at radius 1 is 1.24 bits per heavy atom. The molecule has 2 aliphatic rings. The maximum atomic E-state index is 12.5. The van der Waals surface area contributed by atoms with Crippen LogP contribution in [0.25, 0.3) is 0 Å². The molecule has 3 rings (SSSR count). The number of fused-ring (bicyclic) bond motifs is 1. The molecule has 0 aromatic heterocycles. The lowest BCUT2D eigenvalue weighted by Crippen LogP contribution is -2.61. The van der Waals surface area contributed by atoms with Crippen LogP contribution in [0.3, 0.4) is 0 Å². The van der Waals surface area contributed by atoms with Crippen LogP contribution < -0.4 is 4.74 Å². The highest BCUT2D eigenvalue weighted by molar-refractivity contribution is 6.65. The summed E-state index contributed by atoms with van der Waals surface area (Å²) >= 11 is 6.13. The third kappa shape index (κ3) is 2.78. The highest BCUT2D eigenvalue weighted by Crippen LogP contribution is 2.20. The molecule has 1 aromatic carbocycles. The van der Waals surface area contributed by atoms with Crippen LogP contribution >= 0.6 is 11.6 Å². The second-order valence-corrected chi connectivity index (χ2v) is 6.00. The molecule has 130 valence electrons. The van der Waals surface area contributed by atoms with Crippen molar-refractivity contribution in [1.29, 1.82) is 0 Å². The molecular weight excluding hydrogens is 348 g/mol. The molecule has 0 spiro atoms. The largest absolute Gasteiger partial charge is 0.497 e. The number of amides is 3. The second-order valence-electron chi connectivity index (χ2n) is 5.66. The maximum absolute atomic E-state index is 12.5. The Morgan fingerprint density at radius 3 is 2.48 bits per heavy atom. The fourth-order valence-electron chi connectivity index (χ4n) is 2.75. The fraction of sp³-hybridized carbons (Fsp3) is 0.312. The lowest BCUT2D eigenvalue weighted by atomic mass is 10.1. The predicted octanol–water partition coefficient (Wildman–Crippen LogP) is 0.790. The van der Waals surface area contributed by atoms with Gasteiger partial charge in [0.15, 0.2) is 6.54 Å². The molecule has 8 nitrogen and oxygen atoms in total. The Balaban J connectivity index is 1.85. The Morgan fingerprint density at radius 2 is 1.88 bits per heavy atom. The van der Waals surface area contributed by atoms with Crippen LogP contribution in [0.1, 0.15) is 10.4 Å². The van der Waals surface area contributed by atoms with Crippen molar-refractivity contribution in [2.24, 2.45) is 4.99 Å². The van der Waals surface area contributed by atoms with Crippen molar-refractivity contribution in [2.45, 2.75) is 6.04 Å². The minimum atomic E-state index is -0.887. The molecule has 1 saturated heterocycles. The topological polar surface area (TPSA) is 82.3 Å². The van der Waals surface area contributed by atoms with Gasteiger partial charge in [-0.25, -0.2) is 9.37 Å². The van der Waals surface area contributed by atoms with Gasteiger partial charge in [-0.2, -0.15) is 0 Å². The van der Waals surface area contributed by atoms with Gasteiger partial charge in [0.2, 0.25) is 5.78 Å². The van der Waals surface area contributed by atoms with Crippen molar-refractivity contribution in [1.82, 2.24) is 9.80 Å². The smallest absolute Gasteiger partial charge is 0.394 e. The first-order chi connectivity index (χ1) is 11.8. The van der Waals surface area contributed by atoms with E-state index in [1.54, 1.807) is 24.3 Å². The number of urea groups is 1. The van der Waals surface area contributed by atoms with Crippen LogP contribution in [0.4, 0.5) is 4.79 Å². The minimum Gasteiger partial charge on any atom is -0.497 e. The fourth-order valence-corrected chi connectivity index (χ4v) is 2.99. The van der Waals surface area contributed by atoms with Crippen LogP contribution in [-0.2, 0) is 4.79 Å². The number of carbonyl (C=O) groups is 3. The van der Waals surface area contributed by atoms with Gasteiger partial charge in [0, 0.05) is 31.3 Å². The van der Waals surface area contributed by atoms with Gasteiger partial charge in [0.1, 0.15) is 5.75 Å². The number of hydrogen-bond acceptors (Lipinski definition) is 5. The zero-order valence-electron chi connectivity index (χ0n) is 13.9. The number of hydrogen-bond donors (Lipinski definition) is 0. The van der Waals surface area contributed by atoms with Crippen molar-refractivity contribution in [3.63, 3.8) is 0 Å². The van der Waals surface area contributed by atoms with E-state index in [0.29, 0.717) is 11.3 Å². The quantitative estimate of drug-likeness (QED) is 0.450. The Labute approximate surface area is 148 Å². The van der Waals surface area contributed by atoms with Gasteiger partial charge in [0.25, 0.3) is 17.8 Å². The zero-order valence-corrected chi connectivity index (χ0v) is 14.6. The average molecular weight is 364 g/mol. The first-order valence-corrected chi connectivity index (χ1v) is 7.83. The SMILES string of the molecule is COc1ccc(C(=O)C[N+]2=C(Cl)N=C3C2C(=O)N(C)C(=O)N3C)cc1. The molecule has 0 N–H and O–H groups in total. The monoisotopic (exact) mass is 363 g/mol. The van der Waals surface area contributed by atoms with E-state index in [-0.39, 0.29) is 23.5 Å². The predicted molar refractivity (Wildman–Crippen MR) is 90.5 cm³/mol. The summed E-state index contributed by atoms with van der Waals surface area (Å²) in [7, 11) is 4.43. The van der Waals surface area contributed by atoms with E-state index in [9.17, 15) is 14.4 Å². The number of amidine groups is 2. The van der Waals surface area contributed by atoms with Gasteiger partial charge in [-0.15, -0.1) is 0 Å². The van der Waals surface area contributed by atoms with Crippen molar-refractivity contribution in [2.75, 3.05) is 27.7 Å². The molecule has 2 aliphatic heterocycles. The lowest BCUT2D eigenvalue weighted by molar-refractivity contribution is -0.520. The van der Waals surface area contributed by atoms with E-state index < -0.39 is 18.0 Å². The number of methoxy groups -OCH3 is 1. The summed E-state index contributed by atoms with van der Waals surface area (Å²) in [5, 5.41) is 0.00478. The number of imide groups is 1. The number of rotatable bonds is 4. The molecular formula is C16H16ClN4O4+. The number of likely N-dealkylation sites (N-methyl/N-ethyl adjacent to an activating group) is 2. The van der Waals surface area contributed by atoms with Crippen LogP contribution in [0.2, 0.25) is 0 Å². The van der Waals surface area contributed by atoms with Crippen LogP contribution in [0.15, 0.2) is 29.3 Å². The maximum Gasteiger partial charge on any atom is 0.394 e. The number of carbonyl (C=O) groups excluding carboxylic acids is 3. The third-order valence-corrected chi connectivity index (χ3v) is 4.51. The van der Waals surface area contributed by atoms with E-state index in [4.69, 9.17) is 16.3 Å². The molecule has 0 saturated carbocycles. The summed E-state index contributed by atoms with van der Waals surface area (Å²) in [6, 6.07) is 5.25. The van der Waals surface area contributed by atoms with E-state index in [1.807, 2.05) is 0 Å². The molecule has 1 unspecified atom stereocenters. The summed E-state index contributed by atoms with van der Waals surface area (Å²) in [4.78, 5) is 43.4. The van der Waals surface area contributed by atoms with Crippen molar-refractivity contribution in [3.8, 4) is 5.75 Å². The Bertz CT molecular complexity index is 831. The van der Waals surface area contributed by atoms with Gasteiger partial charge in [-0.3, -0.25) is 19.4 Å². The highest BCUT2D eigenvalue weighted by atomic mass is 35.5. The van der Waals surface area contributed by atoms with Gasteiger partial charge < -0.3 is 4.74 Å². The third-order valence-electron chi connectivity index (χ3n) is 4.21. The molecule has 1 fully saturated rings. The molecule has 3 amide bonds. The Kier molecular flexibility index (Phi) is 4.30. The number of ether oxygens (including phenoxy) is 1. The molecule has 0 aliphatic carbocycles. The summed E-state index contributed by atoms with van der Waals surface area (Å²) in [6.07, 6.45) is 0. The number of ketones is 1. The number of nitrogens with zero attached hydrogens (tertiary/aromatic N) is 4. The zero-order chi connectivity index (χ0) is 18.3. The number of aliphatic imine (C=N–C) groups is 1. The van der Waals surface area contributed by atoms with Crippen LogP contribution in [0.5, 0.6) is 5.75 Å². The first-order valence-electron chi connectivity index (χ1n) is 7.45. The van der Waals surface area contributed by atoms with E-state index in [2.05, 4.69) is 4.99 Å². The molecule has 1 atom stereocenters. The molecule has 2 heterocycles. The average Bonchev–Trinajstić information content (AvgIpc) is 2.94. The number of benzene rings is 1. The summed E-state index contributed by atoms with van der Waals surface area (Å²) in [6.45, 7) is -0.134. The second kappa shape index (κ2) is 6.29. The van der Waals surface area contributed by atoms with Crippen molar-refractivity contribution < 1.29 is 23.7 Å². The van der Waals surface area contributed by atoms with Gasteiger partial charge in [0.05, 0.1) is 7.11 Å². The molecule has 0 radical (unpaired) electrons. The molecule has 25 heavy (non-hydrogen) atoms.